The van der Waals surface area contributed by atoms with E-state index in [1.807, 2.05) is 6.92 Å². The zero-order chi connectivity index (χ0) is 30.0. The van der Waals surface area contributed by atoms with Gasteiger partial charge in [0.2, 0.25) is 5.91 Å². The maximum absolute atomic E-state index is 15.1. The molecule has 1 atom stereocenters. The van der Waals surface area contributed by atoms with Gasteiger partial charge in [0.25, 0.3) is 0 Å². The predicted molar refractivity (Wildman–Crippen MR) is 138 cm³/mol. The fraction of sp³-hybridized carbons (Fsp3) is 0.520. The molecule has 1 fully saturated rings. The van der Waals surface area contributed by atoms with Gasteiger partial charge in [-0.1, -0.05) is 0 Å². The maximum Gasteiger partial charge on any atom is 0.414 e. The number of imide groups is 1. The molecule has 0 radical (unpaired) electrons. The molecule has 40 heavy (non-hydrogen) atoms. The van der Waals surface area contributed by atoms with Crippen molar-refractivity contribution in [1.82, 2.24) is 15.3 Å². The lowest BCUT2D eigenvalue weighted by molar-refractivity contribution is -0.163. The normalized spacial score (nSPS) is 14.3. The molecule has 0 aromatic heterocycles. The molecule has 2 rings (SSSR count). The Morgan fingerprint density at radius 2 is 1.70 bits per heavy atom. The van der Waals surface area contributed by atoms with Crippen molar-refractivity contribution in [1.29, 1.82) is 0 Å². The summed E-state index contributed by atoms with van der Waals surface area (Å²) in [7, 11) is 1.37. The van der Waals surface area contributed by atoms with E-state index < -0.39 is 47.7 Å². The number of esters is 2. The van der Waals surface area contributed by atoms with Gasteiger partial charge in [-0.25, -0.2) is 24.2 Å². The molecule has 1 aliphatic rings. The molecule has 0 aliphatic carbocycles. The van der Waals surface area contributed by atoms with Gasteiger partial charge in [0.05, 0.1) is 37.7 Å². The van der Waals surface area contributed by atoms with E-state index in [2.05, 4.69) is 14.9 Å². The number of cyclic esters (lactones) is 1. The average Bonchev–Trinajstić information content (AvgIpc) is 3.29. The summed E-state index contributed by atoms with van der Waals surface area (Å²) < 4.78 is 29.7. The minimum absolute atomic E-state index is 0.0533. The van der Waals surface area contributed by atoms with Crippen LogP contribution < -0.4 is 15.2 Å². The van der Waals surface area contributed by atoms with Gasteiger partial charge in [0.15, 0.2) is 0 Å². The molecule has 1 heterocycles. The van der Waals surface area contributed by atoms with E-state index in [1.54, 1.807) is 11.8 Å². The van der Waals surface area contributed by atoms with Crippen LogP contribution in [0.5, 0.6) is 0 Å². The number of ether oxygens (including phenoxy) is 3. The fourth-order valence-corrected chi connectivity index (χ4v) is 3.81. The number of halogens is 1. The first-order valence-corrected chi connectivity index (χ1v) is 12.6. The molecule has 0 unspecified atom stereocenters. The van der Waals surface area contributed by atoms with Crippen molar-refractivity contribution in [2.45, 2.75) is 33.8 Å². The lowest BCUT2D eigenvalue weighted by atomic mass is 10.2. The van der Waals surface area contributed by atoms with Crippen LogP contribution in [0.4, 0.5) is 20.6 Å². The highest BCUT2D eigenvalue weighted by Gasteiger charge is 2.37. The van der Waals surface area contributed by atoms with Crippen molar-refractivity contribution in [2.24, 2.45) is 0 Å². The van der Waals surface area contributed by atoms with Crippen LogP contribution in [-0.2, 0) is 38.2 Å². The lowest BCUT2D eigenvalue weighted by Gasteiger charge is -2.26. The first-order chi connectivity index (χ1) is 18.9. The number of hydrogen-bond acceptors (Lipinski definition) is 11. The van der Waals surface area contributed by atoms with Gasteiger partial charge in [-0.05, 0) is 39.0 Å². The fourth-order valence-electron chi connectivity index (χ4n) is 3.81. The molecule has 0 spiro atoms. The second kappa shape index (κ2) is 14.8. The van der Waals surface area contributed by atoms with Gasteiger partial charge < -0.3 is 19.1 Å². The number of hydrazine groups is 1. The summed E-state index contributed by atoms with van der Waals surface area (Å²) >= 11 is 0. The molecule has 1 N–H and O–H groups in total. The summed E-state index contributed by atoms with van der Waals surface area (Å²) in [6.07, 6.45) is -1.76. The zero-order valence-electron chi connectivity index (χ0n) is 23.1. The summed E-state index contributed by atoms with van der Waals surface area (Å²) in [5.74, 6) is -5.60. The van der Waals surface area contributed by atoms with E-state index in [9.17, 15) is 28.8 Å². The third-order valence-electron chi connectivity index (χ3n) is 5.79. The summed E-state index contributed by atoms with van der Waals surface area (Å²) in [4.78, 5) is 75.4. The Kier molecular flexibility index (Phi) is 11.8. The molecule has 1 aromatic rings. The molecular weight excluding hydrogens is 533 g/mol. The van der Waals surface area contributed by atoms with Crippen LogP contribution in [0.3, 0.4) is 0 Å². The topological polar surface area (TPSA) is 155 Å². The Bertz CT molecular complexity index is 1130. The molecule has 4 amide bonds. The number of carbonyl (C=O) groups is 6. The van der Waals surface area contributed by atoms with Crippen LogP contribution in [0.25, 0.3) is 0 Å². The molecule has 1 aromatic carbocycles. The Morgan fingerprint density at radius 1 is 1.07 bits per heavy atom. The van der Waals surface area contributed by atoms with Crippen LogP contribution in [-0.4, -0.2) is 105 Å². The van der Waals surface area contributed by atoms with Gasteiger partial charge in [-0.3, -0.25) is 29.2 Å². The molecule has 0 bridgehead atoms. The minimum Gasteiger partial charge on any atom is -0.459 e. The van der Waals surface area contributed by atoms with Crippen LogP contribution in [0.1, 0.15) is 27.7 Å². The number of hydrogen-bond donors (Lipinski definition) is 1. The van der Waals surface area contributed by atoms with Crippen molar-refractivity contribution in [3.05, 3.63) is 24.0 Å². The zero-order valence-corrected chi connectivity index (χ0v) is 23.1. The van der Waals surface area contributed by atoms with Crippen molar-refractivity contribution >= 4 is 47.1 Å². The Balaban J connectivity index is 2.04. The van der Waals surface area contributed by atoms with Gasteiger partial charge in [-0.2, -0.15) is 0 Å². The SMILES string of the molecule is CCOC(=O)C(=O)N(C)NCCN(CC)c1ccc(N2C[C@H](CN(C(C)=O)C(=O)C(=O)OCC)OC2=O)cc1F. The van der Waals surface area contributed by atoms with Crippen LogP contribution >= 0.6 is 0 Å². The van der Waals surface area contributed by atoms with Crippen molar-refractivity contribution < 1.29 is 47.4 Å². The molecule has 1 aliphatic heterocycles. The highest BCUT2D eigenvalue weighted by molar-refractivity contribution is 6.35. The van der Waals surface area contributed by atoms with Gasteiger partial charge >= 0.3 is 29.8 Å². The monoisotopic (exact) mass is 567 g/mol. The van der Waals surface area contributed by atoms with Crippen LogP contribution in [0.2, 0.25) is 0 Å². The quantitative estimate of drug-likeness (QED) is 0.171. The smallest absolute Gasteiger partial charge is 0.414 e. The number of anilines is 2. The first-order valence-electron chi connectivity index (χ1n) is 12.6. The second-order valence-corrected chi connectivity index (χ2v) is 8.48. The van der Waals surface area contributed by atoms with Gasteiger partial charge in [-0.15, -0.1) is 0 Å². The second-order valence-electron chi connectivity index (χ2n) is 8.48. The van der Waals surface area contributed by atoms with Crippen molar-refractivity contribution in [3.8, 4) is 0 Å². The third kappa shape index (κ3) is 8.11. The number of nitrogens with zero attached hydrogens (tertiary/aromatic N) is 4. The Morgan fingerprint density at radius 3 is 2.25 bits per heavy atom. The summed E-state index contributed by atoms with van der Waals surface area (Å²) in [6.45, 7) is 6.42. The molecule has 15 heteroatoms. The summed E-state index contributed by atoms with van der Waals surface area (Å²) in [6, 6.07) is 4.15. The number of amides is 4. The van der Waals surface area contributed by atoms with E-state index in [0.717, 1.165) is 22.9 Å². The lowest BCUT2D eigenvalue weighted by Crippen LogP contribution is -2.46. The average molecular weight is 568 g/mol. The molecule has 0 saturated carbocycles. The van der Waals surface area contributed by atoms with Crippen molar-refractivity contribution in [3.63, 3.8) is 0 Å². The number of benzene rings is 1. The summed E-state index contributed by atoms with van der Waals surface area (Å²) in [5, 5.41) is 0.994. The van der Waals surface area contributed by atoms with E-state index in [4.69, 9.17) is 4.74 Å². The first kappa shape index (κ1) is 31.9. The number of nitrogens with one attached hydrogen (secondary N) is 1. The molecule has 14 nitrogen and oxygen atoms in total. The maximum atomic E-state index is 15.1. The van der Waals surface area contributed by atoms with E-state index in [1.165, 1.54) is 26.1 Å². The number of likely N-dealkylation sites (N-methyl/N-ethyl adjacent to an activating group) is 2. The largest absolute Gasteiger partial charge is 0.459 e. The van der Waals surface area contributed by atoms with Crippen molar-refractivity contribution in [2.75, 3.05) is 62.8 Å². The molecular formula is C25H34FN5O9. The highest BCUT2D eigenvalue weighted by atomic mass is 19.1. The summed E-state index contributed by atoms with van der Waals surface area (Å²) in [5.41, 5.74) is 3.18. The van der Waals surface area contributed by atoms with Gasteiger partial charge in [0, 0.05) is 33.6 Å². The molecule has 1 saturated heterocycles. The van der Waals surface area contributed by atoms with Crippen LogP contribution in [0.15, 0.2) is 18.2 Å². The third-order valence-corrected chi connectivity index (χ3v) is 5.79. The van der Waals surface area contributed by atoms with Gasteiger partial charge in [0.1, 0.15) is 11.9 Å². The predicted octanol–water partition coefficient (Wildman–Crippen LogP) is 0.442. The standard InChI is InChI=1S/C25H34FN5O9/c1-6-29(12-11-27-28(5)21(33)23(35)38-7-2)20-10-9-17(13-19(20)26)31-15-18(40-25(31)37)14-30(16(4)32)22(34)24(36)39-8-3/h9-10,13,18,27H,6-8,11-12,14-15H2,1-5H3/t18-/m0/s1. The van der Waals surface area contributed by atoms with Crippen LogP contribution in [0, 0.1) is 5.82 Å². The van der Waals surface area contributed by atoms with E-state index in [-0.39, 0.29) is 50.8 Å². The van der Waals surface area contributed by atoms with E-state index in [0.29, 0.717) is 11.4 Å². The minimum atomic E-state index is -1.20. The number of carbonyl (C=O) groups excluding carboxylic acids is 6. The number of rotatable bonds is 11. The Labute approximate surface area is 230 Å². The Hall–Kier alpha value is -4.27. The highest BCUT2D eigenvalue weighted by Crippen LogP contribution is 2.28. The van der Waals surface area contributed by atoms with E-state index >= 15 is 4.39 Å². The molecule has 220 valence electrons.